The fourth-order valence-electron chi connectivity index (χ4n) is 3.83. The third kappa shape index (κ3) is 3.05. The SMILES string of the molecule is O=C(Cc1ccc(-c2ccncc2)cc1)C1Cc2ccc3ccccc3c2O1. The molecule has 1 aromatic heterocycles. The third-order valence-corrected chi connectivity index (χ3v) is 5.33. The highest BCUT2D eigenvalue weighted by Gasteiger charge is 2.30. The summed E-state index contributed by atoms with van der Waals surface area (Å²) in [5, 5.41) is 2.22. The lowest BCUT2D eigenvalue weighted by atomic mass is 9.99. The zero-order valence-corrected chi connectivity index (χ0v) is 15.3. The van der Waals surface area contributed by atoms with E-state index in [1.807, 2.05) is 36.4 Å². The fourth-order valence-corrected chi connectivity index (χ4v) is 3.83. The molecule has 3 nitrogen and oxygen atoms in total. The van der Waals surface area contributed by atoms with Crippen molar-refractivity contribution in [1.82, 2.24) is 4.98 Å². The van der Waals surface area contributed by atoms with Gasteiger partial charge in [-0.15, -0.1) is 0 Å². The number of hydrogen-bond donors (Lipinski definition) is 0. The van der Waals surface area contributed by atoms with Crippen LogP contribution in [0.3, 0.4) is 0 Å². The van der Waals surface area contributed by atoms with Crippen LogP contribution in [0.2, 0.25) is 0 Å². The molecule has 4 aromatic rings. The highest BCUT2D eigenvalue weighted by Crippen LogP contribution is 2.36. The van der Waals surface area contributed by atoms with Crippen LogP contribution in [0, 0.1) is 0 Å². The van der Waals surface area contributed by atoms with Crippen molar-refractivity contribution in [1.29, 1.82) is 0 Å². The van der Waals surface area contributed by atoms with Crippen LogP contribution in [0.1, 0.15) is 11.1 Å². The molecule has 28 heavy (non-hydrogen) atoms. The lowest BCUT2D eigenvalue weighted by Crippen LogP contribution is -2.26. The maximum atomic E-state index is 12.8. The van der Waals surface area contributed by atoms with Crippen molar-refractivity contribution in [2.75, 3.05) is 0 Å². The maximum absolute atomic E-state index is 12.8. The van der Waals surface area contributed by atoms with Gasteiger partial charge in [0.05, 0.1) is 0 Å². The summed E-state index contributed by atoms with van der Waals surface area (Å²) in [4.78, 5) is 16.9. The van der Waals surface area contributed by atoms with E-state index in [0.29, 0.717) is 12.8 Å². The normalized spacial score (nSPS) is 15.2. The molecule has 0 radical (unpaired) electrons. The molecule has 1 aliphatic rings. The Kier molecular flexibility index (Phi) is 4.13. The van der Waals surface area contributed by atoms with Gasteiger partial charge in [-0.3, -0.25) is 9.78 Å². The first-order chi connectivity index (χ1) is 13.8. The third-order valence-electron chi connectivity index (χ3n) is 5.33. The van der Waals surface area contributed by atoms with E-state index in [0.717, 1.165) is 38.8 Å². The van der Waals surface area contributed by atoms with Gasteiger partial charge in [-0.05, 0) is 39.8 Å². The Labute approximate surface area is 163 Å². The molecule has 5 rings (SSSR count). The topological polar surface area (TPSA) is 39.2 Å². The molecule has 1 atom stereocenters. The number of ketones is 1. The van der Waals surface area contributed by atoms with E-state index in [4.69, 9.17) is 4.74 Å². The molecule has 0 amide bonds. The second-order valence-electron chi connectivity index (χ2n) is 7.16. The van der Waals surface area contributed by atoms with Crippen molar-refractivity contribution in [2.45, 2.75) is 18.9 Å². The van der Waals surface area contributed by atoms with Gasteiger partial charge in [-0.25, -0.2) is 0 Å². The van der Waals surface area contributed by atoms with E-state index in [1.165, 1.54) is 0 Å². The molecule has 2 heterocycles. The van der Waals surface area contributed by atoms with Gasteiger partial charge < -0.3 is 4.74 Å². The molecule has 3 aromatic carbocycles. The summed E-state index contributed by atoms with van der Waals surface area (Å²) in [7, 11) is 0. The van der Waals surface area contributed by atoms with E-state index < -0.39 is 6.10 Å². The molecule has 0 saturated carbocycles. The number of fused-ring (bicyclic) bond motifs is 3. The highest BCUT2D eigenvalue weighted by atomic mass is 16.5. The van der Waals surface area contributed by atoms with Gasteiger partial charge in [-0.1, -0.05) is 60.7 Å². The summed E-state index contributed by atoms with van der Waals surface area (Å²) in [5.74, 6) is 0.987. The lowest BCUT2D eigenvalue weighted by molar-refractivity contribution is -0.124. The minimum atomic E-state index is -0.402. The van der Waals surface area contributed by atoms with Crippen LogP contribution in [0.25, 0.3) is 21.9 Å². The first kappa shape index (κ1) is 16.7. The molecule has 0 fully saturated rings. The standard InChI is InChI=1S/C25H19NO2/c27-23(15-17-5-7-18(8-6-17)19-11-13-26-14-12-19)24-16-21-10-9-20-3-1-2-4-22(20)25(21)28-24/h1-14,24H,15-16H2. The second-order valence-corrected chi connectivity index (χ2v) is 7.16. The molecule has 0 saturated heterocycles. The molecule has 1 unspecified atom stereocenters. The Morgan fingerprint density at radius 1 is 0.893 bits per heavy atom. The van der Waals surface area contributed by atoms with E-state index >= 15 is 0 Å². The number of pyridine rings is 1. The Morgan fingerprint density at radius 3 is 2.46 bits per heavy atom. The Balaban J connectivity index is 1.32. The van der Waals surface area contributed by atoms with Crippen molar-refractivity contribution >= 4 is 16.6 Å². The highest BCUT2D eigenvalue weighted by molar-refractivity contribution is 5.93. The van der Waals surface area contributed by atoms with Crippen LogP contribution >= 0.6 is 0 Å². The van der Waals surface area contributed by atoms with Gasteiger partial charge in [-0.2, -0.15) is 0 Å². The summed E-state index contributed by atoms with van der Waals surface area (Å²) >= 11 is 0. The second kappa shape index (κ2) is 6.93. The van der Waals surface area contributed by atoms with Gasteiger partial charge >= 0.3 is 0 Å². The summed E-state index contributed by atoms with van der Waals surface area (Å²) < 4.78 is 6.09. The largest absolute Gasteiger partial charge is 0.481 e. The smallest absolute Gasteiger partial charge is 0.177 e. The number of nitrogens with zero attached hydrogens (tertiary/aromatic N) is 1. The summed E-state index contributed by atoms with van der Waals surface area (Å²) in [6.45, 7) is 0. The van der Waals surface area contributed by atoms with Crippen LogP contribution in [-0.4, -0.2) is 16.9 Å². The summed E-state index contributed by atoms with van der Waals surface area (Å²) in [5.41, 5.74) is 4.36. The van der Waals surface area contributed by atoms with E-state index in [-0.39, 0.29) is 5.78 Å². The Bertz CT molecular complexity index is 1150. The van der Waals surface area contributed by atoms with E-state index in [2.05, 4.69) is 41.4 Å². The minimum absolute atomic E-state index is 0.122. The quantitative estimate of drug-likeness (QED) is 0.510. The number of aromatic nitrogens is 1. The van der Waals surface area contributed by atoms with Gasteiger partial charge in [0.1, 0.15) is 5.75 Å². The summed E-state index contributed by atoms with van der Waals surface area (Å²) in [6, 6.07) is 24.4. The predicted octanol–water partition coefficient (Wildman–Crippen LogP) is 5.02. The Morgan fingerprint density at radius 2 is 1.64 bits per heavy atom. The number of benzene rings is 3. The van der Waals surface area contributed by atoms with Gasteiger partial charge in [0.2, 0.25) is 0 Å². The molecule has 0 N–H and O–H groups in total. The van der Waals surface area contributed by atoms with Crippen LogP contribution < -0.4 is 4.74 Å². The predicted molar refractivity (Wildman–Crippen MR) is 110 cm³/mol. The molecule has 0 aliphatic carbocycles. The van der Waals surface area contributed by atoms with Crippen molar-refractivity contribution in [2.24, 2.45) is 0 Å². The molecule has 1 aliphatic heterocycles. The molecular weight excluding hydrogens is 346 g/mol. The number of hydrogen-bond acceptors (Lipinski definition) is 3. The maximum Gasteiger partial charge on any atom is 0.177 e. The Hall–Kier alpha value is -3.46. The van der Waals surface area contributed by atoms with Crippen LogP contribution in [0.15, 0.2) is 85.2 Å². The molecule has 136 valence electrons. The molecule has 3 heteroatoms. The average Bonchev–Trinajstić information content (AvgIpc) is 3.20. The number of ether oxygens (including phenoxy) is 1. The van der Waals surface area contributed by atoms with Crippen molar-refractivity contribution in [3.63, 3.8) is 0 Å². The zero-order valence-electron chi connectivity index (χ0n) is 15.3. The lowest BCUT2D eigenvalue weighted by Gasteiger charge is -2.11. The van der Waals surface area contributed by atoms with Crippen molar-refractivity contribution in [3.05, 3.63) is 96.3 Å². The minimum Gasteiger partial charge on any atom is -0.481 e. The van der Waals surface area contributed by atoms with E-state index in [1.54, 1.807) is 12.4 Å². The molecular formula is C25H19NO2. The summed E-state index contributed by atoms with van der Waals surface area (Å²) in [6.07, 6.45) is 4.19. The van der Waals surface area contributed by atoms with Gasteiger partial charge in [0.15, 0.2) is 11.9 Å². The van der Waals surface area contributed by atoms with Crippen molar-refractivity contribution in [3.8, 4) is 16.9 Å². The number of Topliss-reactive ketones (excluding diaryl/α,β-unsaturated/α-hetero) is 1. The van der Waals surface area contributed by atoms with Gasteiger partial charge in [0.25, 0.3) is 0 Å². The number of rotatable bonds is 4. The average molecular weight is 365 g/mol. The van der Waals surface area contributed by atoms with Crippen molar-refractivity contribution < 1.29 is 9.53 Å². The van der Waals surface area contributed by atoms with E-state index in [9.17, 15) is 4.79 Å². The first-order valence-electron chi connectivity index (χ1n) is 9.47. The number of carbonyl (C=O) groups excluding carboxylic acids is 1. The van der Waals surface area contributed by atoms with Crippen LogP contribution in [0.5, 0.6) is 5.75 Å². The number of carbonyl (C=O) groups is 1. The molecule has 0 spiro atoms. The monoisotopic (exact) mass is 365 g/mol. The first-order valence-corrected chi connectivity index (χ1v) is 9.47. The fraction of sp³-hybridized carbons (Fsp3) is 0.120. The molecule has 0 bridgehead atoms. The van der Waals surface area contributed by atoms with Crippen LogP contribution in [0.4, 0.5) is 0 Å². The van der Waals surface area contributed by atoms with Crippen LogP contribution in [-0.2, 0) is 17.6 Å². The zero-order chi connectivity index (χ0) is 18.9. The van der Waals surface area contributed by atoms with Gasteiger partial charge in [0, 0.05) is 30.6 Å².